The molecule has 0 spiro atoms. The van der Waals surface area contributed by atoms with Crippen molar-refractivity contribution in [3.8, 4) is 5.69 Å². The Morgan fingerprint density at radius 3 is 2.80 bits per heavy atom. The maximum absolute atomic E-state index is 12.4. The molecule has 124 valence electrons. The third-order valence-corrected chi connectivity index (χ3v) is 4.16. The predicted octanol–water partition coefficient (Wildman–Crippen LogP) is 4.31. The molecule has 0 saturated carbocycles. The van der Waals surface area contributed by atoms with Gasteiger partial charge in [0.15, 0.2) is 0 Å². The van der Waals surface area contributed by atoms with Crippen LogP contribution in [0.4, 0.5) is 5.95 Å². The summed E-state index contributed by atoms with van der Waals surface area (Å²) in [6, 6.07) is 12.6. The normalized spacial score (nSPS) is 11.0. The van der Waals surface area contributed by atoms with Gasteiger partial charge in [-0.05, 0) is 30.3 Å². The van der Waals surface area contributed by atoms with Gasteiger partial charge in [0.25, 0.3) is 5.91 Å². The van der Waals surface area contributed by atoms with Crippen LogP contribution in [0.15, 0.2) is 54.9 Å². The SMILES string of the molecule is O=C(Nc1nc2ccccc2[nH]1)c1cnn(-c2ccc(Cl)cc2Cl)c1. The Kier molecular flexibility index (Phi) is 3.91. The van der Waals surface area contributed by atoms with Crippen LogP contribution in [-0.4, -0.2) is 25.7 Å². The highest BCUT2D eigenvalue weighted by atomic mass is 35.5. The summed E-state index contributed by atoms with van der Waals surface area (Å²) in [5.74, 6) is 0.0545. The summed E-state index contributed by atoms with van der Waals surface area (Å²) in [7, 11) is 0. The number of fused-ring (bicyclic) bond motifs is 1. The van der Waals surface area contributed by atoms with Crippen LogP contribution in [0, 0.1) is 0 Å². The predicted molar refractivity (Wildman–Crippen MR) is 97.6 cm³/mol. The van der Waals surface area contributed by atoms with E-state index in [4.69, 9.17) is 23.2 Å². The monoisotopic (exact) mass is 371 g/mol. The molecule has 0 aliphatic rings. The zero-order valence-electron chi connectivity index (χ0n) is 12.7. The van der Waals surface area contributed by atoms with Gasteiger partial charge in [0.2, 0.25) is 5.95 Å². The van der Waals surface area contributed by atoms with Crippen LogP contribution in [0.3, 0.4) is 0 Å². The van der Waals surface area contributed by atoms with Crippen LogP contribution in [0.1, 0.15) is 10.4 Å². The summed E-state index contributed by atoms with van der Waals surface area (Å²) in [6.45, 7) is 0. The average Bonchev–Trinajstić information content (AvgIpc) is 3.21. The first-order valence-corrected chi connectivity index (χ1v) is 8.12. The van der Waals surface area contributed by atoms with Crippen LogP contribution in [0.25, 0.3) is 16.7 Å². The maximum atomic E-state index is 12.4. The van der Waals surface area contributed by atoms with E-state index in [9.17, 15) is 4.79 Å². The van der Waals surface area contributed by atoms with E-state index >= 15 is 0 Å². The minimum atomic E-state index is -0.324. The number of carbonyl (C=O) groups is 1. The number of rotatable bonds is 3. The lowest BCUT2D eigenvalue weighted by Gasteiger charge is -2.04. The second kappa shape index (κ2) is 6.23. The zero-order chi connectivity index (χ0) is 17.4. The number of carbonyl (C=O) groups excluding carboxylic acids is 1. The summed E-state index contributed by atoms with van der Waals surface area (Å²) in [5, 5.41) is 7.88. The number of aromatic nitrogens is 4. The molecule has 2 aromatic carbocycles. The van der Waals surface area contributed by atoms with Gasteiger partial charge in [0, 0.05) is 11.2 Å². The molecule has 0 saturated heterocycles. The van der Waals surface area contributed by atoms with Gasteiger partial charge in [-0.2, -0.15) is 5.10 Å². The van der Waals surface area contributed by atoms with Gasteiger partial charge in [-0.15, -0.1) is 0 Å². The topological polar surface area (TPSA) is 75.6 Å². The number of para-hydroxylation sites is 2. The number of hydrogen-bond acceptors (Lipinski definition) is 3. The molecular formula is C17H11Cl2N5O. The molecule has 0 unspecified atom stereocenters. The number of hydrogen-bond donors (Lipinski definition) is 2. The fraction of sp³-hybridized carbons (Fsp3) is 0. The lowest BCUT2D eigenvalue weighted by atomic mass is 10.3. The van der Waals surface area contributed by atoms with E-state index in [2.05, 4.69) is 20.4 Å². The summed E-state index contributed by atoms with van der Waals surface area (Å²) in [6.07, 6.45) is 3.05. The third kappa shape index (κ3) is 3.09. The van der Waals surface area contributed by atoms with Crippen LogP contribution in [0.2, 0.25) is 10.0 Å². The highest BCUT2D eigenvalue weighted by Gasteiger charge is 2.13. The molecule has 4 aromatic rings. The second-order valence-corrected chi connectivity index (χ2v) is 6.17. The molecule has 25 heavy (non-hydrogen) atoms. The van der Waals surface area contributed by atoms with Crippen molar-refractivity contribution in [2.24, 2.45) is 0 Å². The average molecular weight is 372 g/mol. The van der Waals surface area contributed by atoms with Gasteiger partial charge in [-0.1, -0.05) is 35.3 Å². The minimum absolute atomic E-state index is 0.324. The maximum Gasteiger partial charge on any atom is 0.261 e. The number of halogens is 2. The van der Waals surface area contributed by atoms with Crippen molar-refractivity contribution in [2.75, 3.05) is 5.32 Å². The smallest absolute Gasteiger partial charge is 0.261 e. The molecule has 0 radical (unpaired) electrons. The lowest BCUT2D eigenvalue weighted by Crippen LogP contribution is -2.12. The van der Waals surface area contributed by atoms with E-state index in [-0.39, 0.29) is 5.91 Å². The zero-order valence-corrected chi connectivity index (χ0v) is 14.2. The van der Waals surface area contributed by atoms with Crippen LogP contribution >= 0.6 is 23.2 Å². The molecule has 2 N–H and O–H groups in total. The van der Waals surface area contributed by atoms with Gasteiger partial charge in [0.05, 0.1) is 33.5 Å². The van der Waals surface area contributed by atoms with Crippen molar-refractivity contribution in [1.29, 1.82) is 0 Å². The van der Waals surface area contributed by atoms with Crippen LogP contribution in [-0.2, 0) is 0 Å². The Labute approximate surface area is 152 Å². The first kappa shape index (κ1) is 15.7. The number of imidazole rings is 1. The Morgan fingerprint density at radius 2 is 2.00 bits per heavy atom. The molecule has 0 fully saturated rings. The molecule has 8 heteroatoms. The number of amides is 1. The van der Waals surface area contributed by atoms with Crippen LogP contribution in [0.5, 0.6) is 0 Å². The minimum Gasteiger partial charge on any atom is -0.324 e. The summed E-state index contributed by atoms with van der Waals surface area (Å²) in [4.78, 5) is 19.8. The molecule has 0 atom stereocenters. The number of aromatic amines is 1. The van der Waals surface area contributed by atoms with E-state index in [0.717, 1.165) is 11.0 Å². The van der Waals surface area contributed by atoms with E-state index < -0.39 is 0 Å². The van der Waals surface area contributed by atoms with Crippen LogP contribution < -0.4 is 5.32 Å². The highest BCUT2D eigenvalue weighted by Crippen LogP contribution is 2.24. The largest absolute Gasteiger partial charge is 0.324 e. The van der Waals surface area contributed by atoms with E-state index in [1.54, 1.807) is 24.4 Å². The van der Waals surface area contributed by atoms with Crippen molar-refractivity contribution >= 4 is 46.1 Å². The summed E-state index contributed by atoms with van der Waals surface area (Å²) < 4.78 is 1.52. The molecule has 6 nitrogen and oxygen atoms in total. The van der Waals surface area contributed by atoms with Crippen molar-refractivity contribution in [3.05, 3.63) is 70.5 Å². The second-order valence-electron chi connectivity index (χ2n) is 5.33. The highest BCUT2D eigenvalue weighted by molar-refractivity contribution is 6.35. The Morgan fingerprint density at radius 1 is 1.16 bits per heavy atom. The lowest BCUT2D eigenvalue weighted by molar-refractivity contribution is 0.102. The van der Waals surface area contributed by atoms with Crippen molar-refractivity contribution < 1.29 is 4.79 Å². The number of nitrogens with one attached hydrogen (secondary N) is 2. The molecule has 4 rings (SSSR count). The molecule has 0 aliphatic heterocycles. The standard InChI is InChI=1S/C17H11Cl2N5O/c18-11-5-6-15(12(19)7-11)24-9-10(8-20-24)16(25)23-17-21-13-3-1-2-4-14(13)22-17/h1-9H,(H2,21,22,23,25). The fourth-order valence-corrected chi connectivity index (χ4v) is 2.93. The number of H-pyrrole nitrogens is 1. The Hall–Kier alpha value is -2.83. The number of anilines is 1. The van der Waals surface area contributed by atoms with Crippen molar-refractivity contribution in [2.45, 2.75) is 0 Å². The number of benzene rings is 2. The molecule has 1 amide bonds. The molecule has 2 aromatic heterocycles. The summed E-state index contributed by atoms with van der Waals surface area (Å²) in [5.41, 5.74) is 2.64. The van der Waals surface area contributed by atoms with Crippen molar-refractivity contribution in [1.82, 2.24) is 19.7 Å². The Bertz CT molecular complexity index is 1050. The van der Waals surface area contributed by atoms with E-state index in [1.165, 1.54) is 10.9 Å². The third-order valence-electron chi connectivity index (χ3n) is 3.62. The van der Waals surface area contributed by atoms with Gasteiger partial charge in [0.1, 0.15) is 0 Å². The molecule has 0 bridgehead atoms. The molecule has 2 heterocycles. The van der Waals surface area contributed by atoms with Gasteiger partial charge < -0.3 is 4.98 Å². The first-order valence-electron chi connectivity index (χ1n) is 7.36. The molecule has 0 aliphatic carbocycles. The fourth-order valence-electron chi connectivity index (χ4n) is 2.43. The number of nitrogens with zero attached hydrogens (tertiary/aromatic N) is 3. The van der Waals surface area contributed by atoms with E-state index in [1.807, 2.05) is 24.3 Å². The summed E-state index contributed by atoms with van der Waals surface area (Å²) >= 11 is 12.1. The van der Waals surface area contributed by atoms with Crippen molar-refractivity contribution in [3.63, 3.8) is 0 Å². The first-order chi connectivity index (χ1) is 12.1. The van der Waals surface area contributed by atoms with Gasteiger partial charge in [-0.3, -0.25) is 10.1 Å². The van der Waals surface area contributed by atoms with Gasteiger partial charge >= 0.3 is 0 Å². The quantitative estimate of drug-likeness (QED) is 0.563. The molecular weight excluding hydrogens is 361 g/mol. The van der Waals surface area contributed by atoms with Gasteiger partial charge in [-0.25, -0.2) is 9.67 Å². The Balaban J connectivity index is 1.57. The van der Waals surface area contributed by atoms with E-state index in [0.29, 0.717) is 27.2 Å².